The van der Waals surface area contributed by atoms with Crippen molar-refractivity contribution in [1.82, 2.24) is 9.80 Å². The second kappa shape index (κ2) is 8.95. The van der Waals surface area contributed by atoms with Crippen molar-refractivity contribution < 1.29 is 14.3 Å². The first-order chi connectivity index (χ1) is 9.60. The lowest BCUT2D eigenvalue weighted by atomic mass is 10.2. The van der Waals surface area contributed by atoms with Gasteiger partial charge in [0.25, 0.3) is 0 Å². The molecule has 1 saturated heterocycles. The van der Waals surface area contributed by atoms with Crippen molar-refractivity contribution in [1.29, 1.82) is 0 Å². The number of likely N-dealkylation sites (tertiary alicyclic amines) is 1. The largest absolute Gasteiger partial charge is 0.468 e. The maximum atomic E-state index is 12.6. The Morgan fingerprint density at radius 2 is 1.80 bits per heavy atom. The molecule has 1 amide bonds. The number of carbonyl (C=O) groups excluding carboxylic acids is 2. The molecule has 0 N–H and O–H groups in total. The molecule has 0 saturated carbocycles. The highest BCUT2D eigenvalue weighted by atomic mass is 16.5. The Hall–Kier alpha value is -1.10. The van der Waals surface area contributed by atoms with Gasteiger partial charge in [-0.05, 0) is 32.7 Å². The summed E-state index contributed by atoms with van der Waals surface area (Å²) in [6.07, 6.45) is 5.50. The van der Waals surface area contributed by atoms with Crippen LogP contribution in [0.15, 0.2) is 0 Å². The van der Waals surface area contributed by atoms with Crippen LogP contribution in [0.25, 0.3) is 0 Å². The molecule has 0 aromatic carbocycles. The molecular weight excluding hydrogens is 256 g/mol. The van der Waals surface area contributed by atoms with Crippen molar-refractivity contribution in [3.63, 3.8) is 0 Å². The number of hydrogen-bond acceptors (Lipinski definition) is 4. The van der Waals surface area contributed by atoms with Crippen molar-refractivity contribution in [3.8, 4) is 0 Å². The molecule has 116 valence electrons. The summed E-state index contributed by atoms with van der Waals surface area (Å²) >= 11 is 0. The summed E-state index contributed by atoms with van der Waals surface area (Å²) in [5.41, 5.74) is 0. The second-order valence-corrected chi connectivity index (χ2v) is 5.46. The molecule has 0 radical (unpaired) electrons. The number of ether oxygens (including phenoxy) is 1. The minimum Gasteiger partial charge on any atom is -0.468 e. The van der Waals surface area contributed by atoms with Gasteiger partial charge in [0.05, 0.1) is 19.7 Å². The van der Waals surface area contributed by atoms with Crippen LogP contribution in [0.1, 0.15) is 46.0 Å². The fourth-order valence-corrected chi connectivity index (χ4v) is 2.64. The number of amides is 1. The van der Waals surface area contributed by atoms with Crippen LogP contribution in [0, 0.1) is 0 Å². The lowest BCUT2D eigenvalue weighted by Crippen LogP contribution is -2.49. The number of methoxy groups -OCH3 is 1. The van der Waals surface area contributed by atoms with E-state index >= 15 is 0 Å². The zero-order chi connectivity index (χ0) is 15.0. The van der Waals surface area contributed by atoms with Crippen molar-refractivity contribution >= 4 is 11.9 Å². The number of esters is 1. The Kier molecular flexibility index (Phi) is 7.59. The number of hydrogen-bond donors (Lipinski definition) is 0. The van der Waals surface area contributed by atoms with E-state index in [1.54, 1.807) is 0 Å². The molecule has 1 aliphatic heterocycles. The molecule has 1 fully saturated rings. The first-order valence-corrected chi connectivity index (χ1v) is 7.69. The Morgan fingerprint density at radius 1 is 1.20 bits per heavy atom. The summed E-state index contributed by atoms with van der Waals surface area (Å²) in [5, 5.41) is 0. The topological polar surface area (TPSA) is 49.9 Å². The van der Waals surface area contributed by atoms with Gasteiger partial charge in [0.1, 0.15) is 0 Å². The van der Waals surface area contributed by atoms with Crippen LogP contribution < -0.4 is 0 Å². The maximum absolute atomic E-state index is 12.6. The molecule has 0 bridgehead atoms. The summed E-state index contributed by atoms with van der Waals surface area (Å²) in [4.78, 5) is 27.9. The van der Waals surface area contributed by atoms with Crippen LogP contribution in [0.5, 0.6) is 0 Å². The third-order valence-electron chi connectivity index (χ3n) is 3.89. The smallest absolute Gasteiger partial charge is 0.319 e. The lowest BCUT2D eigenvalue weighted by Gasteiger charge is -2.31. The molecule has 0 aliphatic carbocycles. The molecule has 5 nitrogen and oxygen atoms in total. The highest BCUT2D eigenvalue weighted by Crippen LogP contribution is 2.13. The van der Waals surface area contributed by atoms with Gasteiger partial charge in [0, 0.05) is 13.1 Å². The van der Waals surface area contributed by atoms with E-state index in [0.717, 1.165) is 38.9 Å². The average Bonchev–Trinajstić information content (AvgIpc) is 2.74. The molecule has 1 heterocycles. The Morgan fingerprint density at radius 3 is 2.30 bits per heavy atom. The van der Waals surface area contributed by atoms with E-state index in [1.165, 1.54) is 20.0 Å². The molecule has 5 heteroatoms. The highest BCUT2D eigenvalue weighted by molar-refractivity contribution is 5.82. The third kappa shape index (κ3) is 5.12. The summed E-state index contributed by atoms with van der Waals surface area (Å²) in [5.74, 6) is -0.141. The predicted octanol–water partition coefficient (Wildman–Crippen LogP) is 1.66. The Labute approximate surface area is 122 Å². The van der Waals surface area contributed by atoms with Gasteiger partial charge in [-0.2, -0.15) is 0 Å². The van der Waals surface area contributed by atoms with Crippen LogP contribution >= 0.6 is 0 Å². The van der Waals surface area contributed by atoms with Gasteiger partial charge in [-0.15, -0.1) is 0 Å². The van der Waals surface area contributed by atoms with Crippen LogP contribution in [0.4, 0.5) is 0 Å². The van der Waals surface area contributed by atoms with E-state index in [1.807, 2.05) is 23.6 Å². The minimum absolute atomic E-state index is 0.143. The molecule has 1 rings (SSSR count). The number of nitrogens with zero attached hydrogens (tertiary/aromatic N) is 2. The lowest BCUT2D eigenvalue weighted by molar-refractivity contribution is -0.144. The molecule has 1 atom stereocenters. The Balaban J connectivity index is 2.63. The molecule has 1 aliphatic rings. The van der Waals surface area contributed by atoms with Gasteiger partial charge in [0.15, 0.2) is 0 Å². The van der Waals surface area contributed by atoms with Crippen molar-refractivity contribution in [2.24, 2.45) is 0 Å². The van der Waals surface area contributed by atoms with E-state index in [2.05, 4.69) is 0 Å². The van der Waals surface area contributed by atoms with Gasteiger partial charge in [0.2, 0.25) is 5.91 Å². The third-order valence-corrected chi connectivity index (χ3v) is 3.89. The van der Waals surface area contributed by atoms with E-state index in [-0.39, 0.29) is 24.5 Å². The van der Waals surface area contributed by atoms with Crippen molar-refractivity contribution in [2.75, 3.05) is 33.3 Å². The zero-order valence-electron chi connectivity index (χ0n) is 13.1. The normalized spacial score (nSPS) is 17.7. The fourth-order valence-electron chi connectivity index (χ4n) is 2.64. The summed E-state index contributed by atoms with van der Waals surface area (Å²) in [6.45, 7) is 6.56. The predicted molar refractivity (Wildman–Crippen MR) is 78.4 cm³/mol. The quantitative estimate of drug-likeness (QED) is 0.696. The number of rotatable bonds is 6. The van der Waals surface area contributed by atoms with Gasteiger partial charge < -0.3 is 9.64 Å². The molecule has 0 aromatic heterocycles. The maximum Gasteiger partial charge on any atom is 0.319 e. The van der Waals surface area contributed by atoms with E-state index in [4.69, 9.17) is 4.74 Å². The highest BCUT2D eigenvalue weighted by Gasteiger charge is 2.27. The monoisotopic (exact) mass is 284 g/mol. The van der Waals surface area contributed by atoms with Crippen LogP contribution in [-0.4, -0.2) is 61.0 Å². The minimum atomic E-state index is -0.283. The summed E-state index contributed by atoms with van der Waals surface area (Å²) in [7, 11) is 1.38. The number of carbonyl (C=O) groups is 2. The molecule has 0 spiro atoms. The van der Waals surface area contributed by atoms with E-state index in [9.17, 15) is 9.59 Å². The standard InChI is InChI=1S/C15H28N2O3/c1-4-9-17(12-14(18)20-3)13(2)15(19)16-10-7-5-6-8-11-16/h13H,4-12H2,1-3H3. The molecule has 1 unspecified atom stereocenters. The zero-order valence-corrected chi connectivity index (χ0v) is 13.1. The van der Waals surface area contributed by atoms with Crippen LogP contribution in [0.2, 0.25) is 0 Å². The first kappa shape index (κ1) is 17.0. The molecular formula is C15H28N2O3. The SMILES string of the molecule is CCCN(CC(=O)OC)C(C)C(=O)N1CCCCCC1. The van der Waals surface area contributed by atoms with Crippen molar-refractivity contribution in [3.05, 3.63) is 0 Å². The van der Waals surface area contributed by atoms with Gasteiger partial charge in [-0.1, -0.05) is 19.8 Å². The van der Waals surface area contributed by atoms with Gasteiger partial charge in [-0.3, -0.25) is 14.5 Å². The second-order valence-electron chi connectivity index (χ2n) is 5.46. The van der Waals surface area contributed by atoms with Crippen molar-refractivity contribution in [2.45, 2.75) is 52.0 Å². The molecule has 0 aromatic rings. The van der Waals surface area contributed by atoms with Gasteiger partial charge in [-0.25, -0.2) is 0 Å². The van der Waals surface area contributed by atoms with E-state index in [0.29, 0.717) is 0 Å². The Bertz CT molecular complexity index is 312. The summed E-state index contributed by atoms with van der Waals surface area (Å²) in [6, 6.07) is -0.257. The van der Waals surface area contributed by atoms with Crippen LogP contribution in [-0.2, 0) is 14.3 Å². The fraction of sp³-hybridized carbons (Fsp3) is 0.867. The summed E-state index contributed by atoms with van der Waals surface area (Å²) < 4.78 is 4.72. The first-order valence-electron chi connectivity index (χ1n) is 7.69. The van der Waals surface area contributed by atoms with E-state index < -0.39 is 0 Å². The average molecular weight is 284 g/mol. The van der Waals surface area contributed by atoms with Crippen LogP contribution in [0.3, 0.4) is 0 Å². The molecule has 20 heavy (non-hydrogen) atoms. The van der Waals surface area contributed by atoms with Gasteiger partial charge >= 0.3 is 5.97 Å².